The van der Waals surface area contributed by atoms with Crippen molar-refractivity contribution < 1.29 is 9.90 Å². The minimum atomic E-state index is -0.679. The Bertz CT molecular complexity index is 804. The van der Waals surface area contributed by atoms with Gasteiger partial charge in [-0.15, -0.1) is 0 Å². The molecule has 1 aliphatic carbocycles. The maximum Gasteiger partial charge on any atom is 0.306 e. The number of carbonyl (C=O) groups is 1. The number of nitrogen functional groups attached to an aromatic ring is 1. The number of halogens is 1. The highest BCUT2D eigenvalue weighted by Gasteiger charge is 2.25. The number of aliphatic carboxylic acids is 1. The monoisotopic (exact) mass is 374 g/mol. The Hall–Kier alpha value is -2.34. The fourth-order valence-electron chi connectivity index (χ4n) is 3.44. The molecule has 7 heteroatoms. The Kier molecular flexibility index (Phi) is 5.61. The lowest BCUT2D eigenvalue weighted by Crippen LogP contribution is -2.25. The van der Waals surface area contributed by atoms with E-state index in [1.54, 1.807) is 0 Å². The summed E-state index contributed by atoms with van der Waals surface area (Å²) in [7, 11) is 0. The summed E-state index contributed by atoms with van der Waals surface area (Å²) in [5.41, 5.74) is 8.49. The maximum absolute atomic E-state index is 11.0. The predicted molar refractivity (Wildman–Crippen MR) is 103 cm³/mol. The van der Waals surface area contributed by atoms with Crippen molar-refractivity contribution in [2.24, 2.45) is 11.8 Å². The van der Waals surface area contributed by atoms with Crippen LogP contribution in [0.2, 0.25) is 5.02 Å². The van der Waals surface area contributed by atoms with E-state index in [1.807, 2.05) is 31.2 Å². The second-order valence-electron chi connectivity index (χ2n) is 6.85. The summed E-state index contributed by atoms with van der Waals surface area (Å²) in [5, 5.41) is 13.1. The second-order valence-corrected chi connectivity index (χ2v) is 7.25. The fraction of sp³-hybridized carbons (Fsp3) is 0.421. The largest absolute Gasteiger partial charge is 0.481 e. The fourth-order valence-corrected chi connectivity index (χ4v) is 3.62. The van der Waals surface area contributed by atoms with Crippen molar-refractivity contribution in [3.63, 3.8) is 0 Å². The molecule has 26 heavy (non-hydrogen) atoms. The molecule has 1 heterocycles. The van der Waals surface area contributed by atoms with Gasteiger partial charge in [-0.25, -0.2) is 4.98 Å². The zero-order chi connectivity index (χ0) is 18.7. The van der Waals surface area contributed by atoms with Gasteiger partial charge in [0.15, 0.2) is 0 Å². The molecule has 1 saturated carbocycles. The van der Waals surface area contributed by atoms with Crippen LogP contribution in [0.4, 0.5) is 11.8 Å². The number of nitrogens with zero attached hydrogens (tertiary/aromatic N) is 2. The minimum absolute atomic E-state index is 0.196. The predicted octanol–water partition coefficient (Wildman–Crippen LogP) is 3.99. The minimum Gasteiger partial charge on any atom is -0.481 e. The normalized spacial score (nSPS) is 19.9. The molecule has 0 atom stereocenters. The zero-order valence-electron chi connectivity index (χ0n) is 14.7. The molecule has 0 bridgehead atoms. The summed E-state index contributed by atoms with van der Waals surface area (Å²) in [5.74, 6) is 0.448. The molecular formula is C19H23ClN4O2. The topological polar surface area (TPSA) is 101 Å². The van der Waals surface area contributed by atoms with E-state index in [1.165, 1.54) is 0 Å². The van der Waals surface area contributed by atoms with Crippen molar-refractivity contribution in [3.05, 3.63) is 34.9 Å². The molecule has 0 saturated heterocycles. The first-order valence-electron chi connectivity index (χ1n) is 8.80. The van der Waals surface area contributed by atoms with Crippen LogP contribution in [-0.2, 0) is 4.79 Å². The smallest absolute Gasteiger partial charge is 0.306 e. The zero-order valence-corrected chi connectivity index (χ0v) is 15.5. The molecule has 0 unspecified atom stereocenters. The van der Waals surface area contributed by atoms with Crippen LogP contribution in [0.5, 0.6) is 0 Å². The van der Waals surface area contributed by atoms with E-state index in [9.17, 15) is 4.79 Å². The van der Waals surface area contributed by atoms with Crippen LogP contribution in [0.15, 0.2) is 24.3 Å². The van der Waals surface area contributed by atoms with Crippen molar-refractivity contribution in [2.45, 2.75) is 32.6 Å². The van der Waals surface area contributed by atoms with Gasteiger partial charge >= 0.3 is 5.97 Å². The molecule has 0 amide bonds. The molecule has 0 aliphatic heterocycles. The third-order valence-corrected chi connectivity index (χ3v) is 5.46. The molecule has 1 aromatic heterocycles. The van der Waals surface area contributed by atoms with E-state index < -0.39 is 5.97 Å². The lowest BCUT2D eigenvalue weighted by atomic mass is 9.82. The van der Waals surface area contributed by atoms with E-state index in [-0.39, 0.29) is 11.9 Å². The Balaban J connectivity index is 1.69. The van der Waals surface area contributed by atoms with E-state index in [0.29, 0.717) is 16.8 Å². The third kappa shape index (κ3) is 4.25. The van der Waals surface area contributed by atoms with Gasteiger partial charge in [0.1, 0.15) is 5.82 Å². The summed E-state index contributed by atoms with van der Waals surface area (Å²) in [6.07, 6.45) is 3.29. The average Bonchev–Trinajstić information content (AvgIpc) is 2.62. The SMILES string of the molecule is Cc1c(Cl)cccc1-c1cc(NCC2CCC(C(=O)O)CC2)nc(N)n1. The van der Waals surface area contributed by atoms with Crippen molar-refractivity contribution in [2.75, 3.05) is 17.6 Å². The first-order chi connectivity index (χ1) is 12.4. The van der Waals surface area contributed by atoms with Gasteiger partial charge in [0.2, 0.25) is 5.95 Å². The number of carboxylic acids is 1. The van der Waals surface area contributed by atoms with Crippen LogP contribution in [0, 0.1) is 18.8 Å². The summed E-state index contributed by atoms with van der Waals surface area (Å²) in [4.78, 5) is 19.6. The standard InChI is InChI=1S/C19H23ClN4O2/c1-11-14(3-2-4-15(11)20)16-9-17(24-19(21)23-16)22-10-12-5-7-13(8-6-12)18(25)26/h2-4,9,12-13H,5-8,10H2,1H3,(H,25,26)(H3,21,22,23,24). The van der Waals surface area contributed by atoms with Crippen LogP contribution < -0.4 is 11.1 Å². The van der Waals surface area contributed by atoms with Gasteiger partial charge in [0.05, 0.1) is 11.6 Å². The molecule has 4 N–H and O–H groups in total. The van der Waals surface area contributed by atoms with E-state index in [0.717, 1.165) is 49.0 Å². The lowest BCUT2D eigenvalue weighted by Gasteiger charge is -2.26. The van der Waals surface area contributed by atoms with Gasteiger partial charge < -0.3 is 16.2 Å². The third-order valence-electron chi connectivity index (χ3n) is 5.05. The molecule has 1 aliphatic rings. The number of nitrogens with two attached hydrogens (primary N) is 1. The van der Waals surface area contributed by atoms with E-state index in [4.69, 9.17) is 22.4 Å². The Morgan fingerprint density at radius 2 is 2.04 bits per heavy atom. The number of anilines is 2. The van der Waals surface area contributed by atoms with Gasteiger partial charge in [-0.3, -0.25) is 4.79 Å². The Labute approximate surface area is 157 Å². The molecular weight excluding hydrogens is 352 g/mol. The van der Waals surface area contributed by atoms with Gasteiger partial charge in [-0.05, 0) is 50.2 Å². The van der Waals surface area contributed by atoms with E-state index in [2.05, 4.69) is 15.3 Å². The highest BCUT2D eigenvalue weighted by Crippen LogP contribution is 2.30. The first kappa shape index (κ1) is 18.5. The van der Waals surface area contributed by atoms with Crippen molar-refractivity contribution in [1.29, 1.82) is 0 Å². The van der Waals surface area contributed by atoms with Gasteiger partial charge in [-0.2, -0.15) is 4.98 Å². The number of benzene rings is 1. The van der Waals surface area contributed by atoms with Crippen LogP contribution in [-0.4, -0.2) is 27.6 Å². The molecule has 6 nitrogen and oxygen atoms in total. The van der Waals surface area contributed by atoms with Gasteiger partial charge in [-0.1, -0.05) is 23.7 Å². The molecule has 0 spiro atoms. The van der Waals surface area contributed by atoms with Gasteiger partial charge in [0, 0.05) is 23.2 Å². The number of nitrogens with one attached hydrogen (secondary N) is 1. The summed E-state index contributed by atoms with van der Waals surface area (Å²) < 4.78 is 0. The summed E-state index contributed by atoms with van der Waals surface area (Å²) in [6.45, 7) is 2.70. The average molecular weight is 375 g/mol. The highest BCUT2D eigenvalue weighted by atomic mass is 35.5. The lowest BCUT2D eigenvalue weighted by molar-refractivity contribution is -0.143. The second kappa shape index (κ2) is 7.91. The first-order valence-corrected chi connectivity index (χ1v) is 9.18. The number of rotatable bonds is 5. The maximum atomic E-state index is 11.0. The molecule has 1 fully saturated rings. The van der Waals surface area contributed by atoms with Crippen LogP contribution in [0.25, 0.3) is 11.3 Å². The molecule has 3 rings (SSSR count). The van der Waals surface area contributed by atoms with Crippen molar-refractivity contribution in [1.82, 2.24) is 9.97 Å². The number of aromatic nitrogens is 2. The molecule has 0 radical (unpaired) electrons. The van der Waals surface area contributed by atoms with Gasteiger partial charge in [0.25, 0.3) is 0 Å². The van der Waals surface area contributed by atoms with E-state index >= 15 is 0 Å². The molecule has 138 valence electrons. The highest BCUT2D eigenvalue weighted by molar-refractivity contribution is 6.31. The summed E-state index contributed by atoms with van der Waals surface area (Å²) in [6, 6.07) is 7.56. The van der Waals surface area contributed by atoms with Crippen LogP contribution in [0.1, 0.15) is 31.2 Å². The Morgan fingerprint density at radius 3 is 2.73 bits per heavy atom. The van der Waals surface area contributed by atoms with Crippen LogP contribution >= 0.6 is 11.6 Å². The van der Waals surface area contributed by atoms with Crippen molar-refractivity contribution >= 4 is 29.3 Å². The summed E-state index contributed by atoms with van der Waals surface area (Å²) >= 11 is 6.21. The quantitative estimate of drug-likeness (QED) is 0.731. The Morgan fingerprint density at radius 1 is 1.31 bits per heavy atom. The molecule has 1 aromatic carbocycles. The van der Waals surface area contributed by atoms with Crippen molar-refractivity contribution in [3.8, 4) is 11.3 Å². The molecule has 2 aromatic rings. The van der Waals surface area contributed by atoms with Crippen LogP contribution in [0.3, 0.4) is 0 Å². The number of carboxylic acid groups (broad SMARTS) is 1. The number of hydrogen-bond acceptors (Lipinski definition) is 5. The number of hydrogen-bond donors (Lipinski definition) is 3.